The number of aromatic nitrogens is 2. The number of hydrogen-bond acceptors (Lipinski definition) is 2. The zero-order valence-corrected chi connectivity index (χ0v) is 13.4. The number of rotatable bonds is 5. The van der Waals surface area contributed by atoms with Gasteiger partial charge in [-0.2, -0.15) is 5.10 Å². The van der Waals surface area contributed by atoms with Gasteiger partial charge in [0.05, 0.1) is 15.9 Å². The van der Waals surface area contributed by atoms with Crippen molar-refractivity contribution in [2.45, 2.75) is 26.4 Å². The zero-order chi connectivity index (χ0) is 13.8. The number of nitrogens with zero attached hydrogens (tertiary/aromatic N) is 2. The van der Waals surface area contributed by atoms with Crippen molar-refractivity contribution in [3.8, 4) is 0 Å². The van der Waals surface area contributed by atoms with E-state index >= 15 is 0 Å². The van der Waals surface area contributed by atoms with Gasteiger partial charge in [0.15, 0.2) is 0 Å². The summed E-state index contributed by atoms with van der Waals surface area (Å²) in [5.41, 5.74) is 3.36. The summed E-state index contributed by atoms with van der Waals surface area (Å²) < 4.78 is 3.02. The lowest BCUT2D eigenvalue weighted by Gasteiger charge is -2.07. The third-order valence-corrected chi connectivity index (χ3v) is 4.35. The average molecular weight is 343 g/mol. The Bertz CT molecular complexity index is 566. The Hall–Kier alpha value is -0.840. The molecule has 0 unspecified atom stereocenters. The lowest BCUT2D eigenvalue weighted by molar-refractivity contribution is 0.622. The maximum atomic E-state index is 6.13. The number of benzene rings is 1. The van der Waals surface area contributed by atoms with Crippen LogP contribution in [0.15, 0.2) is 28.7 Å². The molecule has 0 aliphatic heterocycles. The van der Waals surface area contributed by atoms with Gasteiger partial charge in [-0.05, 0) is 34.0 Å². The van der Waals surface area contributed by atoms with Gasteiger partial charge in [-0.1, -0.05) is 36.7 Å². The molecule has 3 nitrogen and oxygen atoms in total. The normalized spacial score (nSPS) is 10.9. The molecule has 102 valence electrons. The van der Waals surface area contributed by atoms with E-state index in [1.807, 2.05) is 36.0 Å². The van der Waals surface area contributed by atoms with Crippen molar-refractivity contribution in [2.75, 3.05) is 0 Å². The summed E-state index contributed by atoms with van der Waals surface area (Å²) in [5.74, 6) is 0. The second kappa shape index (κ2) is 6.55. The molecule has 0 atom stereocenters. The molecular formula is C14H17BrClN3. The van der Waals surface area contributed by atoms with Gasteiger partial charge in [0, 0.05) is 25.2 Å². The van der Waals surface area contributed by atoms with E-state index in [9.17, 15) is 0 Å². The average Bonchev–Trinajstić information content (AvgIpc) is 2.68. The summed E-state index contributed by atoms with van der Waals surface area (Å²) in [6.45, 7) is 3.61. The fourth-order valence-corrected chi connectivity index (χ4v) is 2.93. The minimum Gasteiger partial charge on any atom is -0.307 e. The van der Waals surface area contributed by atoms with E-state index in [0.717, 1.165) is 46.0 Å². The van der Waals surface area contributed by atoms with E-state index < -0.39 is 0 Å². The first-order valence-corrected chi connectivity index (χ1v) is 7.45. The van der Waals surface area contributed by atoms with Crippen molar-refractivity contribution in [2.24, 2.45) is 7.05 Å². The Morgan fingerprint density at radius 2 is 2.05 bits per heavy atom. The van der Waals surface area contributed by atoms with E-state index in [1.54, 1.807) is 0 Å². The van der Waals surface area contributed by atoms with Gasteiger partial charge >= 0.3 is 0 Å². The smallest absolute Gasteiger partial charge is 0.0767 e. The third-order valence-electron chi connectivity index (χ3n) is 3.07. The number of nitrogens with one attached hydrogen (secondary N) is 1. The number of hydrogen-bond donors (Lipinski definition) is 1. The highest BCUT2D eigenvalue weighted by Crippen LogP contribution is 2.21. The topological polar surface area (TPSA) is 29.9 Å². The van der Waals surface area contributed by atoms with Gasteiger partial charge in [-0.15, -0.1) is 0 Å². The Kier molecular flexibility index (Phi) is 5.02. The summed E-state index contributed by atoms with van der Waals surface area (Å²) in [4.78, 5) is 0. The van der Waals surface area contributed by atoms with Crippen molar-refractivity contribution < 1.29 is 0 Å². The van der Waals surface area contributed by atoms with Crippen LogP contribution in [-0.2, 0) is 26.6 Å². The number of halogens is 2. The minimum absolute atomic E-state index is 0.749. The molecule has 2 rings (SSSR count). The first-order valence-electron chi connectivity index (χ1n) is 6.27. The van der Waals surface area contributed by atoms with Gasteiger partial charge < -0.3 is 5.32 Å². The van der Waals surface area contributed by atoms with Crippen molar-refractivity contribution in [3.05, 3.63) is 50.7 Å². The van der Waals surface area contributed by atoms with Crippen LogP contribution >= 0.6 is 27.5 Å². The lowest BCUT2D eigenvalue weighted by atomic mass is 10.2. The zero-order valence-electron chi connectivity index (χ0n) is 11.1. The van der Waals surface area contributed by atoms with Gasteiger partial charge in [0.2, 0.25) is 0 Å². The van der Waals surface area contributed by atoms with Crippen LogP contribution in [0.4, 0.5) is 0 Å². The van der Waals surface area contributed by atoms with E-state index in [1.165, 1.54) is 0 Å². The quantitative estimate of drug-likeness (QED) is 0.898. The molecule has 1 aromatic carbocycles. The van der Waals surface area contributed by atoms with E-state index in [-0.39, 0.29) is 0 Å². The van der Waals surface area contributed by atoms with Crippen LogP contribution in [0.3, 0.4) is 0 Å². The third kappa shape index (κ3) is 3.38. The Balaban J connectivity index is 2.00. The van der Waals surface area contributed by atoms with Gasteiger partial charge in [-0.25, -0.2) is 0 Å². The molecular weight excluding hydrogens is 326 g/mol. The van der Waals surface area contributed by atoms with Crippen molar-refractivity contribution in [1.82, 2.24) is 15.1 Å². The minimum atomic E-state index is 0.749. The Morgan fingerprint density at radius 1 is 1.32 bits per heavy atom. The van der Waals surface area contributed by atoms with Crippen LogP contribution in [0, 0.1) is 0 Å². The molecule has 0 saturated carbocycles. The maximum Gasteiger partial charge on any atom is 0.0767 e. The molecule has 0 fully saturated rings. The first-order chi connectivity index (χ1) is 9.13. The van der Waals surface area contributed by atoms with E-state index in [0.29, 0.717) is 0 Å². The fraction of sp³-hybridized carbons (Fsp3) is 0.357. The molecule has 19 heavy (non-hydrogen) atoms. The first kappa shape index (κ1) is 14.6. The van der Waals surface area contributed by atoms with Crippen molar-refractivity contribution >= 4 is 27.5 Å². The predicted molar refractivity (Wildman–Crippen MR) is 82.3 cm³/mol. The molecule has 0 radical (unpaired) electrons. The summed E-state index contributed by atoms with van der Waals surface area (Å²) >= 11 is 9.74. The molecule has 1 aromatic heterocycles. The Labute approximate surface area is 127 Å². The predicted octanol–water partition coefficient (Wildman–Crippen LogP) is 3.69. The van der Waals surface area contributed by atoms with Crippen LogP contribution in [-0.4, -0.2) is 9.78 Å². The summed E-state index contributed by atoms with van der Waals surface area (Å²) in [6.07, 6.45) is 0.930. The van der Waals surface area contributed by atoms with Crippen LogP contribution in [0.25, 0.3) is 0 Å². The number of aryl methyl sites for hydroxylation is 2. The molecule has 0 aliphatic rings. The molecule has 1 N–H and O–H groups in total. The summed E-state index contributed by atoms with van der Waals surface area (Å²) in [5, 5.41) is 8.68. The molecule has 0 spiro atoms. The molecule has 5 heteroatoms. The van der Waals surface area contributed by atoms with Crippen molar-refractivity contribution in [1.29, 1.82) is 0 Å². The largest absolute Gasteiger partial charge is 0.307 e. The molecule has 2 aromatic rings. The highest BCUT2D eigenvalue weighted by atomic mass is 79.9. The molecule has 0 saturated heterocycles. The molecule has 0 aliphatic carbocycles. The van der Waals surface area contributed by atoms with Gasteiger partial charge in [0.25, 0.3) is 0 Å². The Morgan fingerprint density at radius 3 is 2.68 bits per heavy atom. The molecule has 0 amide bonds. The van der Waals surface area contributed by atoms with E-state index in [2.05, 4.69) is 33.3 Å². The summed E-state index contributed by atoms with van der Waals surface area (Å²) in [6, 6.07) is 7.88. The fourth-order valence-electron chi connectivity index (χ4n) is 1.97. The SMILES string of the molecule is CCc1nn(C)c(CNCc2ccccc2Cl)c1Br. The van der Waals surface area contributed by atoms with Gasteiger partial charge in [0.1, 0.15) is 0 Å². The summed E-state index contributed by atoms with van der Waals surface area (Å²) in [7, 11) is 1.97. The van der Waals surface area contributed by atoms with E-state index in [4.69, 9.17) is 11.6 Å². The second-order valence-corrected chi connectivity index (χ2v) is 5.58. The maximum absolute atomic E-state index is 6.13. The van der Waals surface area contributed by atoms with Crippen LogP contribution in [0.5, 0.6) is 0 Å². The highest BCUT2D eigenvalue weighted by molar-refractivity contribution is 9.10. The standard InChI is InChI=1S/C14H17BrClN3/c1-3-12-14(15)13(19(2)18-12)9-17-8-10-6-4-5-7-11(10)16/h4-7,17H,3,8-9H2,1-2H3. The van der Waals surface area contributed by atoms with Crippen molar-refractivity contribution in [3.63, 3.8) is 0 Å². The second-order valence-electron chi connectivity index (χ2n) is 4.38. The van der Waals surface area contributed by atoms with Gasteiger partial charge in [-0.3, -0.25) is 4.68 Å². The van der Waals surface area contributed by atoms with Crippen LogP contribution in [0.1, 0.15) is 23.9 Å². The highest BCUT2D eigenvalue weighted by Gasteiger charge is 2.11. The molecule has 1 heterocycles. The monoisotopic (exact) mass is 341 g/mol. The van der Waals surface area contributed by atoms with Crippen LogP contribution < -0.4 is 5.32 Å². The lowest BCUT2D eigenvalue weighted by Crippen LogP contribution is -2.15. The molecule has 0 bridgehead atoms. The van der Waals surface area contributed by atoms with Crippen LogP contribution in [0.2, 0.25) is 5.02 Å².